The van der Waals surface area contributed by atoms with E-state index in [1.807, 2.05) is 0 Å². The van der Waals surface area contributed by atoms with Crippen molar-refractivity contribution < 1.29 is 13.3 Å². The van der Waals surface area contributed by atoms with Gasteiger partial charge >= 0.3 is 0 Å². The van der Waals surface area contributed by atoms with E-state index in [1.54, 1.807) is 26.0 Å². The fourth-order valence-electron chi connectivity index (χ4n) is 2.08. The quantitative estimate of drug-likeness (QED) is 0.570. The average molecular weight is 394 g/mol. The molecule has 1 aromatic rings. The number of benzene rings is 1. The number of nitrogens with zero attached hydrogens (tertiary/aromatic N) is 1. The lowest BCUT2D eigenvalue weighted by atomic mass is 10.3. The normalized spacial score (nSPS) is 11.8. The van der Waals surface area contributed by atoms with Crippen LogP contribution in [0.15, 0.2) is 23.1 Å². The molecule has 0 aromatic heterocycles. The molecule has 24 heavy (non-hydrogen) atoms. The number of likely N-dealkylation sites (N-methyl/N-ethyl adjacent to an activating group) is 1. The van der Waals surface area contributed by atoms with Crippen molar-refractivity contribution in [1.29, 1.82) is 0 Å². The zero-order chi connectivity index (χ0) is 18.3. The largest absolute Gasteiger partial charge is 0.357 e. The molecule has 9 heteroatoms. The third kappa shape index (κ3) is 5.86. The molecule has 0 atom stereocenters. The van der Waals surface area contributed by atoms with Gasteiger partial charge in [-0.15, -0.1) is 0 Å². The van der Waals surface area contributed by atoms with E-state index < -0.39 is 10.0 Å². The van der Waals surface area contributed by atoms with Gasteiger partial charge in [-0.2, -0.15) is 4.31 Å². The number of hydrogen-bond acceptors (Lipinski definition) is 3. The Balaban J connectivity index is 2.92. The molecule has 0 bridgehead atoms. The van der Waals surface area contributed by atoms with Crippen LogP contribution in [0.4, 0.5) is 5.69 Å². The molecule has 6 nitrogen and oxygen atoms in total. The maximum atomic E-state index is 12.7. The lowest BCUT2D eigenvalue weighted by Crippen LogP contribution is -3.06. The average Bonchev–Trinajstić information content (AvgIpc) is 2.49. The predicted octanol–water partition coefficient (Wildman–Crippen LogP) is 0.801. The number of halogens is 1. The molecule has 0 saturated heterocycles. The first-order valence-corrected chi connectivity index (χ1v) is 10.1. The van der Waals surface area contributed by atoms with Crippen molar-refractivity contribution in [3.05, 3.63) is 23.2 Å². The molecule has 0 unspecified atom stereocenters. The van der Waals surface area contributed by atoms with Crippen molar-refractivity contribution in [3.8, 4) is 0 Å². The highest BCUT2D eigenvalue weighted by atomic mass is 35.5. The van der Waals surface area contributed by atoms with Gasteiger partial charge in [0.25, 0.3) is 0 Å². The van der Waals surface area contributed by atoms with Gasteiger partial charge in [0, 0.05) is 18.8 Å². The topological polar surface area (TPSA) is 65.9 Å². The third-order valence-corrected chi connectivity index (χ3v) is 6.20. The molecule has 0 amide bonds. The van der Waals surface area contributed by atoms with Crippen molar-refractivity contribution in [1.82, 2.24) is 9.62 Å². The van der Waals surface area contributed by atoms with E-state index in [-0.39, 0.29) is 9.92 Å². The van der Waals surface area contributed by atoms with Gasteiger partial charge in [-0.05, 0) is 30.4 Å². The summed E-state index contributed by atoms with van der Waals surface area (Å²) in [4.78, 5) is 1.39. The van der Waals surface area contributed by atoms with Crippen molar-refractivity contribution in [2.24, 2.45) is 0 Å². The summed E-state index contributed by atoms with van der Waals surface area (Å²) >= 11 is 11.3. The number of thiocarbonyl (C=S) groups is 1. The maximum Gasteiger partial charge on any atom is 0.244 e. The van der Waals surface area contributed by atoms with Crippen LogP contribution < -0.4 is 15.5 Å². The Labute approximate surface area is 155 Å². The van der Waals surface area contributed by atoms with E-state index in [9.17, 15) is 8.42 Å². The molecule has 1 aromatic carbocycles. The summed E-state index contributed by atoms with van der Waals surface area (Å²) in [6.07, 6.45) is 0. The Morgan fingerprint density at radius 1 is 1.29 bits per heavy atom. The predicted molar refractivity (Wildman–Crippen MR) is 103 cm³/mol. The van der Waals surface area contributed by atoms with E-state index in [0.717, 1.165) is 13.1 Å². The summed E-state index contributed by atoms with van der Waals surface area (Å²) in [5.74, 6) is 0. The van der Waals surface area contributed by atoms with Gasteiger partial charge < -0.3 is 15.5 Å². The highest BCUT2D eigenvalue weighted by Gasteiger charge is 2.24. The molecule has 0 saturated carbocycles. The fraction of sp³-hybridized carbons (Fsp3) is 0.533. The van der Waals surface area contributed by atoms with Gasteiger partial charge in [0.05, 0.1) is 32.2 Å². The molecular formula is C15H26ClN4O2S2+. The fourth-order valence-corrected chi connectivity index (χ4v) is 4.26. The molecule has 0 aliphatic rings. The molecule has 0 aliphatic carbocycles. The van der Waals surface area contributed by atoms with Gasteiger partial charge in [0.1, 0.15) is 4.90 Å². The minimum Gasteiger partial charge on any atom is -0.357 e. The number of rotatable bonds is 8. The van der Waals surface area contributed by atoms with Crippen LogP contribution in [-0.2, 0) is 10.0 Å². The standard InChI is InChI=1S/C15H25ClN4O2S2/c1-5-20(6-2)24(21,22)14-11-12(7-8-13(14)16)18-15(23)17-9-10-19(3)4/h7-8,11H,5-6,9-10H2,1-4H3,(H2,17,18,23)/p+1. The van der Waals surface area contributed by atoms with Crippen LogP contribution in [0.1, 0.15) is 13.8 Å². The summed E-state index contributed by atoms with van der Waals surface area (Å²) in [6.45, 7) is 6.02. The maximum absolute atomic E-state index is 12.7. The van der Waals surface area contributed by atoms with Crippen molar-refractivity contribution in [2.45, 2.75) is 18.7 Å². The summed E-state index contributed by atoms with van der Waals surface area (Å²) in [7, 11) is 0.491. The van der Waals surface area contributed by atoms with Crippen molar-refractivity contribution in [2.75, 3.05) is 45.6 Å². The van der Waals surface area contributed by atoms with Crippen LogP contribution in [0.5, 0.6) is 0 Å². The number of hydrogen-bond donors (Lipinski definition) is 3. The van der Waals surface area contributed by atoms with Gasteiger partial charge in [0.15, 0.2) is 5.11 Å². The number of quaternary nitrogens is 1. The van der Waals surface area contributed by atoms with E-state index in [0.29, 0.717) is 23.9 Å². The van der Waals surface area contributed by atoms with Gasteiger partial charge in [-0.1, -0.05) is 25.4 Å². The van der Waals surface area contributed by atoms with E-state index >= 15 is 0 Å². The van der Waals surface area contributed by atoms with Crippen LogP contribution >= 0.6 is 23.8 Å². The zero-order valence-electron chi connectivity index (χ0n) is 14.5. The van der Waals surface area contributed by atoms with E-state index in [1.165, 1.54) is 15.3 Å². The first-order chi connectivity index (χ1) is 11.2. The van der Waals surface area contributed by atoms with Gasteiger partial charge in [-0.3, -0.25) is 0 Å². The first kappa shape index (κ1) is 21.1. The second-order valence-corrected chi connectivity index (χ2v) is 8.29. The lowest BCUT2D eigenvalue weighted by Gasteiger charge is -2.20. The van der Waals surface area contributed by atoms with E-state index in [2.05, 4.69) is 24.7 Å². The molecule has 0 heterocycles. The summed E-state index contributed by atoms with van der Waals surface area (Å²) < 4.78 is 26.7. The first-order valence-electron chi connectivity index (χ1n) is 7.85. The highest BCUT2D eigenvalue weighted by Crippen LogP contribution is 2.27. The number of anilines is 1. The number of nitrogens with one attached hydrogen (secondary N) is 3. The highest BCUT2D eigenvalue weighted by molar-refractivity contribution is 7.89. The van der Waals surface area contributed by atoms with Crippen molar-refractivity contribution >= 4 is 44.6 Å². The SMILES string of the molecule is CCN(CC)S(=O)(=O)c1cc(NC(=S)NCC[NH+](C)C)ccc1Cl. The van der Waals surface area contributed by atoms with Crippen LogP contribution in [0.25, 0.3) is 0 Å². The number of sulfonamides is 1. The Bertz CT molecular complexity index is 661. The smallest absolute Gasteiger partial charge is 0.244 e. The minimum absolute atomic E-state index is 0.0819. The molecule has 0 aliphatic heterocycles. The van der Waals surface area contributed by atoms with Crippen molar-refractivity contribution in [3.63, 3.8) is 0 Å². The van der Waals surface area contributed by atoms with E-state index in [4.69, 9.17) is 23.8 Å². The zero-order valence-corrected chi connectivity index (χ0v) is 16.9. The summed E-state index contributed by atoms with van der Waals surface area (Å²) in [5.41, 5.74) is 0.583. The molecule has 0 spiro atoms. The molecule has 136 valence electrons. The molecule has 1 rings (SSSR count). The Morgan fingerprint density at radius 3 is 2.46 bits per heavy atom. The van der Waals surface area contributed by atoms with Crippen LogP contribution in [0, 0.1) is 0 Å². The van der Waals surface area contributed by atoms with Crippen LogP contribution in [-0.4, -0.2) is 58.1 Å². The summed E-state index contributed by atoms with van der Waals surface area (Å²) in [6, 6.07) is 4.78. The molecule has 0 fully saturated rings. The second kappa shape index (κ2) is 9.53. The Hall–Kier alpha value is -0.930. The Kier molecular flexibility index (Phi) is 8.38. The lowest BCUT2D eigenvalue weighted by molar-refractivity contribution is -0.856. The molecular weight excluding hydrogens is 368 g/mol. The van der Waals surface area contributed by atoms with Crippen LogP contribution in [0.2, 0.25) is 5.02 Å². The third-order valence-electron chi connectivity index (χ3n) is 3.42. The van der Waals surface area contributed by atoms with Gasteiger partial charge in [0.2, 0.25) is 10.0 Å². The monoisotopic (exact) mass is 393 g/mol. The minimum atomic E-state index is -3.62. The van der Waals surface area contributed by atoms with Crippen LogP contribution in [0.3, 0.4) is 0 Å². The second-order valence-electron chi connectivity index (χ2n) is 5.57. The molecule has 0 radical (unpaired) electrons. The van der Waals surface area contributed by atoms with Gasteiger partial charge in [-0.25, -0.2) is 8.42 Å². The Morgan fingerprint density at radius 2 is 1.92 bits per heavy atom. The summed E-state index contributed by atoms with van der Waals surface area (Å²) in [5, 5.41) is 6.73. The molecule has 3 N–H and O–H groups in total.